The summed E-state index contributed by atoms with van der Waals surface area (Å²) in [4.78, 5) is 12.6. The molecule has 0 unspecified atom stereocenters. The molecule has 0 saturated heterocycles. The van der Waals surface area contributed by atoms with Crippen LogP contribution in [-0.4, -0.2) is 28.0 Å². The topological polar surface area (TPSA) is 46.9 Å². The Hall–Kier alpha value is -2.53. The third-order valence-corrected chi connectivity index (χ3v) is 5.47. The maximum Gasteiger partial charge on any atom is 0.255 e. The van der Waals surface area contributed by atoms with Crippen molar-refractivity contribution in [3.8, 4) is 5.69 Å². The fraction of sp³-hybridized carbons (Fsp3) is 0.273. The van der Waals surface area contributed by atoms with Crippen molar-refractivity contribution in [2.45, 2.75) is 26.5 Å². The van der Waals surface area contributed by atoms with E-state index in [1.54, 1.807) is 0 Å². The number of para-hydroxylation sites is 1. The van der Waals surface area contributed by atoms with Crippen LogP contribution in [-0.2, 0) is 5.75 Å². The molecule has 1 heterocycles. The van der Waals surface area contributed by atoms with E-state index in [0.717, 1.165) is 28.6 Å². The Morgan fingerprint density at radius 1 is 1.04 bits per heavy atom. The molecule has 1 amide bonds. The van der Waals surface area contributed by atoms with E-state index in [2.05, 4.69) is 41.6 Å². The lowest BCUT2D eigenvalue weighted by atomic mass is 10.2. The normalized spacial score (nSPS) is 10.8. The second kappa shape index (κ2) is 8.91. The lowest BCUT2D eigenvalue weighted by Crippen LogP contribution is -2.26. The number of aryl methyl sites for hydroxylation is 2. The van der Waals surface area contributed by atoms with Crippen LogP contribution in [0.15, 0.2) is 54.6 Å². The summed E-state index contributed by atoms with van der Waals surface area (Å²) in [5.74, 6) is 1.79. The molecule has 0 bridgehead atoms. The highest BCUT2D eigenvalue weighted by atomic mass is 32.2. The summed E-state index contributed by atoms with van der Waals surface area (Å²) in [6.45, 7) is 6.56. The van der Waals surface area contributed by atoms with Gasteiger partial charge in [-0.3, -0.25) is 4.79 Å². The van der Waals surface area contributed by atoms with E-state index >= 15 is 0 Å². The van der Waals surface area contributed by atoms with Gasteiger partial charge in [0, 0.05) is 18.1 Å². The minimum Gasteiger partial charge on any atom is -0.351 e. The van der Waals surface area contributed by atoms with Crippen molar-refractivity contribution < 1.29 is 4.79 Å². The predicted octanol–water partition coefficient (Wildman–Crippen LogP) is 4.46. The Morgan fingerprint density at radius 3 is 2.44 bits per heavy atom. The lowest BCUT2D eigenvalue weighted by molar-refractivity contribution is 0.0955. The molecule has 140 valence electrons. The summed E-state index contributed by atoms with van der Waals surface area (Å²) in [5.41, 5.74) is 5.84. The molecule has 0 spiro atoms. The smallest absolute Gasteiger partial charge is 0.255 e. The van der Waals surface area contributed by atoms with Crippen LogP contribution in [0.3, 0.4) is 0 Å². The maximum absolute atomic E-state index is 12.6. The number of hydrogen-bond donors (Lipinski definition) is 1. The van der Waals surface area contributed by atoms with Crippen LogP contribution in [0.25, 0.3) is 5.69 Å². The van der Waals surface area contributed by atoms with Crippen LogP contribution in [0, 0.1) is 20.8 Å². The van der Waals surface area contributed by atoms with Crippen molar-refractivity contribution in [3.63, 3.8) is 0 Å². The summed E-state index contributed by atoms with van der Waals surface area (Å²) in [7, 11) is 0. The zero-order valence-corrected chi connectivity index (χ0v) is 16.8. The van der Waals surface area contributed by atoms with Crippen LogP contribution >= 0.6 is 11.8 Å². The minimum absolute atomic E-state index is 0.0527. The van der Waals surface area contributed by atoms with Gasteiger partial charge in [0.05, 0.1) is 22.6 Å². The molecule has 0 aliphatic carbocycles. The largest absolute Gasteiger partial charge is 0.351 e. The Labute approximate surface area is 165 Å². The summed E-state index contributed by atoms with van der Waals surface area (Å²) < 4.78 is 1.83. The minimum atomic E-state index is -0.0527. The van der Waals surface area contributed by atoms with E-state index in [-0.39, 0.29) is 5.91 Å². The van der Waals surface area contributed by atoms with Gasteiger partial charge in [-0.1, -0.05) is 48.0 Å². The van der Waals surface area contributed by atoms with Crippen molar-refractivity contribution >= 4 is 17.7 Å². The van der Waals surface area contributed by atoms with Crippen molar-refractivity contribution in [2.75, 3.05) is 12.3 Å². The van der Waals surface area contributed by atoms with E-state index in [4.69, 9.17) is 0 Å². The monoisotopic (exact) mass is 379 g/mol. The number of aromatic nitrogens is 2. The molecule has 3 aromatic rings. The number of hydrogen-bond acceptors (Lipinski definition) is 3. The number of amides is 1. The standard InChI is InChI=1S/C22H25N3OS/c1-16-9-11-19(12-10-16)15-27-14-13-23-22(26)21-17(2)24-25(18(21)3)20-7-5-4-6-8-20/h4-12H,13-15H2,1-3H3,(H,23,26). The van der Waals surface area contributed by atoms with Crippen molar-refractivity contribution in [1.82, 2.24) is 15.1 Å². The summed E-state index contributed by atoms with van der Waals surface area (Å²) in [6.07, 6.45) is 0. The molecule has 27 heavy (non-hydrogen) atoms. The second-order valence-electron chi connectivity index (χ2n) is 6.59. The van der Waals surface area contributed by atoms with Gasteiger partial charge in [0.1, 0.15) is 0 Å². The Morgan fingerprint density at radius 2 is 1.74 bits per heavy atom. The second-order valence-corrected chi connectivity index (χ2v) is 7.69. The van der Waals surface area contributed by atoms with Gasteiger partial charge in [-0.25, -0.2) is 4.68 Å². The molecule has 5 heteroatoms. The molecule has 2 aromatic carbocycles. The van der Waals surface area contributed by atoms with E-state index in [9.17, 15) is 4.79 Å². The van der Waals surface area contributed by atoms with Gasteiger partial charge >= 0.3 is 0 Å². The third kappa shape index (κ3) is 4.80. The van der Waals surface area contributed by atoms with Crippen LogP contribution in [0.5, 0.6) is 0 Å². The van der Waals surface area contributed by atoms with E-state index in [0.29, 0.717) is 12.1 Å². The average molecular weight is 380 g/mol. The van der Waals surface area contributed by atoms with Crippen molar-refractivity contribution in [1.29, 1.82) is 0 Å². The predicted molar refractivity (Wildman–Crippen MR) is 113 cm³/mol. The summed E-state index contributed by atoms with van der Waals surface area (Å²) >= 11 is 1.82. The SMILES string of the molecule is Cc1ccc(CSCCNC(=O)c2c(C)nn(-c3ccccc3)c2C)cc1. The first-order valence-corrected chi connectivity index (χ1v) is 10.2. The zero-order chi connectivity index (χ0) is 19.2. The highest BCUT2D eigenvalue weighted by molar-refractivity contribution is 7.98. The number of nitrogens with zero attached hydrogens (tertiary/aromatic N) is 2. The zero-order valence-electron chi connectivity index (χ0n) is 16.0. The molecular weight excluding hydrogens is 354 g/mol. The Bertz CT molecular complexity index is 901. The van der Waals surface area contributed by atoms with Gasteiger partial charge in [-0.05, 0) is 38.5 Å². The summed E-state index contributed by atoms with van der Waals surface area (Å²) in [6, 6.07) is 18.5. The molecule has 0 aliphatic rings. The number of benzene rings is 2. The first kappa shape index (κ1) is 19.2. The number of carbonyl (C=O) groups excluding carboxylic acids is 1. The number of thioether (sulfide) groups is 1. The fourth-order valence-corrected chi connectivity index (χ4v) is 3.81. The molecule has 3 rings (SSSR count). The van der Waals surface area contributed by atoms with Gasteiger partial charge in [0.2, 0.25) is 0 Å². The van der Waals surface area contributed by atoms with E-state index in [1.165, 1.54) is 11.1 Å². The highest BCUT2D eigenvalue weighted by Crippen LogP contribution is 2.18. The molecule has 0 fully saturated rings. The van der Waals surface area contributed by atoms with Gasteiger partial charge in [0.15, 0.2) is 0 Å². The molecule has 0 atom stereocenters. The first-order chi connectivity index (χ1) is 13.1. The lowest BCUT2D eigenvalue weighted by Gasteiger charge is -2.07. The molecular formula is C22H25N3OS. The summed E-state index contributed by atoms with van der Waals surface area (Å²) in [5, 5.41) is 7.57. The molecule has 4 nitrogen and oxygen atoms in total. The van der Waals surface area contributed by atoms with Gasteiger partial charge in [-0.2, -0.15) is 16.9 Å². The number of rotatable bonds is 7. The Balaban J connectivity index is 1.54. The molecule has 0 aliphatic heterocycles. The van der Waals surface area contributed by atoms with Crippen LogP contribution in [0.4, 0.5) is 0 Å². The van der Waals surface area contributed by atoms with E-state index in [1.807, 2.05) is 60.6 Å². The van der Waals surface area contributed by atoms with Gasteiger partial charge in [0.25, 0.3) is 5.91 Å². The highest BCUT2D eigenvalue weighted by Gasteiger charge is 2.18. The van der Waals surface area contributed by atoms with Crippen LogP contribution in [0.1, 0.15) is 32.9 Å². The Kier molecular flexibility index (Phi) is 6.35. The number of carbonyl (C=O) groups is 1. The van der Waals surface area contributed by atoms with Crippen molar-refractivity contribution in [3.05, 3.63) is 82.7 Å². The quantitative estimate of drug-likeness (QED) is 0.617. The number of nitrogens with one attached hydrogen (secondary N) is 1. The molecule has 0 radical (unpaired) electrons. The average Bonchev–Trinajstić information content (AvgIpc) is 2.98. The van der Waals surface area contributed by atoms with Crippen molar-refractivity contribution in [2.24, 2.45) is 0 Å². The maximum atomic E-state index is 12.6. The van der Waals surface area contributed by atoms with Gasteiger partial charge < -0.3 is 5.32 Å². The third-order valence-electron chi connectivity index (χ3n) is 4.44. The molecule has 1 aromatic heterocycles. The fourth-order valence-electron chi connectivity index (χ4n) is 2.99. The molecule has 0 saturated carbocycles. The van der Waals surface area contributed by atoms with Crippen LogP contribution in [0.2, 0.25) is 0 Å². The van der Waals surface area contributed by atoms with Crippen LogP contribution < -0.4 is 5.32 Å². The van der Waals surface area contributed by atoms with E-state index < -0.39 is 0 Å². The van der Waals surface area contributed by atoms with Gasteiger partial charge in [-0.15, -0.1) is 0 Å². The first-order valence-electron chi connectivity index (χ1n) is 9.09. The molecule has 1 N–H and O–H groups in total.